The molecule has 4 nitrogen and oxygen atoms in total. The Morgan fingerprint density at radius 3 is 2.33 bits per heavy atom. The quantitative estimate of drug-likeness (QED) is 0.856. The molecule has 1 atom stereocenters. The van der Waals surface area contributed by atoms with E-state index in [-0.39, 0.29) is 18.5 Å². The summed E-state index contributed by atoms with van der Waals surface area (Å²) in [5, 5.41) is 18.5. The van der Waals surface area contributed by atoms with Gasteiger partial charge >= 0.3 is 6.18 Å². The van der Waals surface area contributed by atoms with E-state index in [1.807, 2.05) is 13.8 Å². The van der Waals surface area contributed by atoms with Crippen LogP contribution >= 0.6 is 0 Å². The molecule has 1 heterocycles. The zero-order valence-electron chi connectivity index (χ0n) is 10.2. The molecule has 0 radical (unpaired) electrons. The van der Waals surface area contributed by atoms with Crippen LogP contribution < -0.4 is 5.32 Å². The second-order valence-electron chi connectivity index (χ2n) is 4.45. The lowest BCUT2D eigenvalue weighted by Gasteiger charge is -2.18. The summed E-state index contributed by atoms with van der Waals surface area (Å²) in [6, 6.07) is 1.83. The number of aliphatic hydroxyl groups is 1. The van der Waals surface area contributed by atoms with Gasteiger partial charge in [0.15, 0.2) is 5.69 Å². The number of halogens is 3. The smallest absolute Gasteiger partial charge is 0.394 e. The maximum atomic E-state index is 12.3. The molecule has 1 aromatic heterocycles. The number of nitrogens with one attached hydrogen (secondary N) is 1. The molecule has 1 unspecified atom stereocenters. The number of alkyl halides is 3. The van der Waals surface area contributed by atoms with E-state index in [2.05, 4.69) is 15.5 Å². The summed E-state index contributed by atoms with van der Waals surface area (Å²) >= 11 is 0. The van der Waals surface area contributed by atoms with Gasteiger partial charge in [0, 0.05) is 0 Å². The third-order valence-electron chi connectivity index (χ3n) is 2.28. The van der Waals surface area contributed by atoms with Gasteiger partial charge in [0.25, 0.3) is 0 Å². The molecule has 18 heavy (non-hydrogen) atoms. The molecular formula is C11H16F3N3O. The monoisotopic (exact) mass is 263 g/mol. The normalized spacial score (nSPS) is 13.7. The van der Waals surface area contributed by atoms with Gasteiger partial charge in [0.2, 0.25) is 0 Å². The first kappa shape index (κ1) is 14.7. The van der Waals surface area contributed by atoms with Gasteiger partial charge in [-0.1, -0.05) is 13.8 Å². The van der Waals surface area contributed by atoms with Crippen LogP contribution in [0.3, 0.4) is 0 Å². The van der Waals surface area contributed by atoms with Crippen LogP contribution in [0.5, 0.6) is 0 Å². The van der Waals surface area contributed by atoms with Crippen molar-refractivity contribution in [1.29, 1.82) is 0 Å². The Balaban J connectivity index is 2.68. The van der Waals surface area contributed by atoms with Gasteiger partial charge in [-0.25, -0.2) is 0 Å². The van der Waals surface area contributed by atoms with Crippen molar-refractivity contribution in [3.63, 3.8) is 0 Å². The van der Waals surface area contributed by atoms with Gasteiger partial charge in [-0.05, 0) is 24.5 Å². The molecule has 1 rings (SSSR count). The Bertz CT molecular complexity index is 365. The number of rotatable bonds is 5. The van der Waals surface area contributed by atoms with E-state index in [9.17, 15) is 13.2 Å². The predicted octanol–water partition coefficient (Wildman–Crippen LogP) is 2.31. The van der Waals surface area contributed by atoms with Crippen molar-refractivity contribution in [2.24, 2.45) is 5.92 Å². The van der Waals surface area contributed by atoms with Crippen LogP contribution in [-0.4, -0.2) is 28.0 Å². The van der Waals surface area contributed by atoms with Crippen LogP contribution in [0.25, 0.3) is 0 Å². The number of aliphatic hydroxyl groups excluding tert-OH is 1. The largest absolute Gasteiger partial charge is 0.435 e. The summed E-state index contributed by atoms with van der Waals surface area (Å²) in [6.07, 6.45) is -3.79. The highest BCUT2D eigenvalue weighted by atomic mass is 19.4. The van der Waals surface area contributed by atoms with E-state index in [0.29, 0.717) is 12.3 Å². The Kier molecular flexibility index (Phi) is 4.89. The first-order valence-corrected chi connectivity index (χ1v) is 5.61. The summed E-state index contributed by atoms with van der Waals surface area (Å²) in [6.45, 7) is 3.87. The van der Waals surface area contributed by atoms with E-state index in [4.69, 9.17) is 5.11 Å². The first-order valence-electron chi connectivity index (χ1n) is 5.61. The summed E-state index contributed by atoms with van der Waals surface area (Å²) in [5.74, 6) is 0.583. The van der Waals surface area contributed by atoms with Crippen LogP contribution in [0.1, 0.15) is 26.0 Å². The second kappa shape index (κ2) is 5.99. The molecule has 7 heteroatoms. The van der Waals surface area contributed by atoms with E-state index < -0.39 is 11.9 Å². The summed E-state index contributed by atoms with van der Waals surface area (Å²) in [5.41, 5.74) is -1.03. The number of anilines is 1. The molecular weight excluding hydrogens is 247 g/mol. The van der Waals surface area contributed by atoms with Crippen LogP contribution in [0, 0.1) is 5.92 Å². The van der Waals surface area contributed by atoms with E-state index >= 15 is 0 Å². The van der Waals surface area contributed by atoms with Crippen LogP contribution in [0.2, 0.25) is 0 Å². The first-order chi connectivity index (χ1) is 8.32. The van der Waals surface area contributed by atoms with Crippen LogP contribution in [0.4, 0.5) is 19.0 Å². The third-order valence-corrected chi connectivity index (χ3v) is 2.28. The molecule has 0 saturated carbocycles. The lowest BCUT2D eigenvalue weighted by atomic mass is 10.0. The topological polar surface area (TPSA) is 58.0 Å². The maximum absolute atomic E-state index is 12.3. The SMILES string of the molecule is CC(C)CC(CO)Nc1ccc(C(F)(F)F)nn1. The van der Waals surface area contributed by atoms with Gasteiger partial charge in [0.05, 0.1) is 12.6 Å². The number of aromatic nitrogens is 2. The van der Waals surface area contributed by atoms with Gasteiger partial charge in [-0.2, -0.15) is 13.2 Å². The van der Waals surface area contributed by atoms with Crippen LogP contribution in [0.15, 0.2) is 12.1 Å². The predicted molar refractivity (Wildman–Crippen MR) is 61.0 cm³/mol. The maximum Gasteiger partial charge on any atom is 0.435 e. The van der Waals surface area contributed by atoms with Crippen LogP contribution in [-0.2, 0) is 6.18 Å². The highest BCUT2D eigenvalue weighted by molar-refractivity contribution is 5.34. The molecule has 0 aliphatic rings. The van der Waals surface area contributed by atoms with Crippen molar-refractivity contribution in [3.8, 4) is 0 Å². The molecule has 0 aliphatic heterocycles. The zero-order chi connectivity index (χ0) is 13.8. The fourth-order valence-electron chi connectivity index (χ4n) is 1.52. The van der Waals surface area contributed by atoms with Crippen molar-refractivity contribution in [3.05, 3.63) is 17.8 Å². The molecule has 2 N–H and O–H groups in total. The minimum Gasteiger partial charge on any atom is -0.394 e. The molecule has 102 valence electrons. The van der Waals surface area contributed by atoms with Gasteiger partial charge in [0.1, 0.15) is 5.82 Å². The van der Waals surface area contributed by atoms with Crippen molar-refractivity contribution in [1.82, 2.24) is 10.2 Å². The fourth-order valence-corrected chi connectivity index (χ4v) is 1.52. The minimum atomic E-state index is -4.49. The summed E-state index contributed by atoms with van der Waals surface area (Å²) < 4.78 is 36.8. The van der Waals surface area contributed by atoms with Crippen molar-refractivity contribution in [2.45, 2.75) is 32.5 Å². The van der Waals surface area contributed by atoms with E-state index in [1.54, 1.807) is 0 Å². The lowest BCUT2D eigenvalue weighted by Crippen LogP contribution is -2.26. The zero-order valence-corrected chi connectivity index (χ0v) is 10.2. The molecule has 0 spiro atoms. The standard InChI is InChI=1S/C11H16F3N3O/c1-7(2)5-8(6-18)15-10-4-3-9(16-17-10)11(12,13)14/h3-4,7-8,18H,5-6H2,1-2H3,(H,15,17). The van der Waals surface area contributed by atoms with Gasteiger partial charge in [-0.3, -0.25) is 0 Å². The number of hydrogen-bond acceptors (Lipinski definition) is 4. The molecule has 0 saturated heterocycles. The minimum absolute atomic E-state index is 0.110. The van der Waals surface area contributed by atoms with Gasteiger partial charge < -0.3 is 10.4 Å². The molecule has 0 amide bonds. The molecule has 0 fully saturated rings. The molecule has 0 aliphatic carbocycles. The van der Waals surface area contributed by atoms with E-state index in [1.165, 1.54) is 6.07 Å². The Morgan fingerprint density at radius 2 is 1.94 bits per heavy atom. The number of hydrogen-bond donors (Lipinski definition) is 2. The van der Waals surface area contributed by atoms with Crippen molar-refractivity contribution < 1.29 is 18.3 Å². The highest BCUT2D eigenvalue weighted by Crippen LogP contribution is 2.27. The average molecular weight is 263 g/mol. The van der Waals surface area contributed by atoms with Crippen molar-refractivity contribution >= 4 is 5.82 Å². The van der Waals surface area contributed by atoms with Crippen molar-refractivity contribution in [2.75, 3.05) is 11.9 Å². The third kappa shape index (κ3) is 4.48. The van der Waals surface area contributed by atoms with Gasteiger partial charge in [-0.15, -0.1) is 10.2 Å². The lowest BCUT2D eigenvalue weighted by molar-refractivity contribution is -0.141. The average Bonchev–Trinajstić information content (AvgIpc) is 2.27. The Labute approximate surface area is 103 Å². The second-order valence-corrected chi connectivity index (χ2v) is 4.45. The Morgan fingerprint density at radius 1 is 1.28 bits per heavy atom. The summed E-state index contributed by atoms with van der Waals surface area (Å²) in [4.78, 5) is 0. The Hall–Kier alpha value is -1.37. The number of nitrogens with zero attached hydrogens (tertiary/aromatic N) is 2. The fraction of sp³-hybridized carbons (Fsp3) is 0.636. The van der Waals surface area contributed by atoms with E-state index in [0.717, 1.165) is 6.07 Å². The molecule has 1 aromatic rings. The molecule has 0 bridgehead atoms. The summed E-state index contributed by atoms with van der Waals surface area (Å²) in [7, 11) is 0. The highest BCUT2D eigenvalue weighted by Gasteiger charge is 2.32. The molecule has 0 aromatic carbocycles.